The van der Waals surface area contributed by atoms with E-state index in [1.54, 1.807) is 0 Å². The standard InChI is InChI=1S/C13H24N4/c1-9(2)16-6-5-12(14)13(16)11-7-15-17(8-11)10(3)4/h7-10,12-13H,5-6,14H2,1-4H3/t12-,13+/m1/s1. The van der Waals surface area contributed by atoms with E-state index < -0.39 is 0 Å². The lowest BCUT2D eigenvalue weighted by Crippen LogP contribution is -2.35. The van der Waals surface area contributed by atoms with E-state index in [0.717, 1.165) is 13.0 Å². The Hall–Kier alpha value is -0.870. The zero-order valence-electron chi connectivity index (χ0n) is 11.3. The first-order valence-corrected chi connectivity index (χ1v) is 6.56. The SMILES string of the molecule is CC(C)N1CC[C@@H](N)[C@@H]1c1cnn(C(C)C)c1. The lowest BCUT2D eigenvalue weighted by atomic mass is 10.0. The molecule has 2 heterocycles. The molecule has 1 aliphatic rings. The second-order valence-electron chi connectivity index (χ2n) is 5.58. The van der Waals surface area contributed by atoms with Crippen LogP contribution in [0.5, 0.6) is 0 Å². The van der Waals surface area contributed by atoms with Crippen molar-refractivity contribution in [3.63, 3.8) is 0 Å². The van der Waals surface area contributed by atoms with Crippen molar-refractivity contribution in [3.05, 3.63) is 18.0 Å². The van der Waals surface area contributed by atoms with Crippen LogP contribution in [0, 0.1) is 0 Å². The maximum absolute atomic E-state index is 6.25. The molecular weight excluding hydrogens is 212 g/mol. The van der Waals surface area contributed by atoms with E-state index in [9.17, 15) is 0 Å². The largest absolute Gasteiger partial charge is 0.326 e. The average molecular weight is 236 g/mol. The lowest BCUT2D eigenvalue weighted by Gasteiger charge is -2.29. The van der Waals surface area contributed by atoms with E-state index in [-0.39, 0.29) is 6.04 Å². The predicted octanol–water partition coefficient (Wildman–Crippen LogP) is 1.95. The van der Waals surface area contributed by atoms with Gasteiger partial charge in [-0.25, -0.2) is 0 Å². The Kier molecular flexibility index (Phi) is 3.54. The van der Waals surface area contributed by atoms with Crippen LogP contribution < -0.4 is 5.73 Å². The summed E-state index contributed by atoms with van der Waals surface area (Å²) < 4.78 is 2.01. The Morgan fingerprint density at radius 2 is 2.00 bits per heavy atom. The van der Waals surface area contributed by atoms with Crippen molar-refractivity contribution < 1.29 is 0 Å². The minimum Gasteiger partial charge on any atom is -0.326 e. The monoisotopic (exact) mass is 236 g/mol. The molecule has 0 spiro atoms. The van der Waals surface area contributed by atoms with E-state index in [2.05, 4.69) is 43.9 Å². The van der Waals surface area contributed by atoms with Crippen molar-refractivity contribution in [2.24, 2.45) is 5.73 Å². The van der Waals surface area contributed by atoms with Crippen molar-refractivity contribution in [1.29, 1.82) is 0 Å². The van der Waals surface area contributed by atoms with Gasteiger partial charge in [0.15, 0.2) is 0 Å². The molecule has 2 rings (SSSR count). The van der Waals surface area contributed by atoms with Crippen LogP contribution in [0.15, 0.2) is 12.4 Å². The fraction of sp³-hybridized carbons (Fsp3) is 0.769. The van der Waals surface area contributed by atoms with Gasteiger partial charge in [0.05, 0.1) is 12.2 Å². The molecule has 0 saturated carbocycles. The number of hydrogen-bond donors (Lipinski definition) is 1. The zero-order chi connectivity index (χ0) is 12.6. The number of likely N-dealkylation sites (tertiary alicyclic amines) is 1. The minimum atomic E-state index is 0.238. The first kappa shape index (κ1) is 12.6. The van der Waals surface area contributed by atoms with Crippen molar-refractivity contribution in [2.45, 2.75) is 58.3 Å². The van der Waals surface area contributed by atoms with Gasteiger partial charge >= 0.3 is 0 Å². The maximum Gasteiger partial charge on any atom is 0.0538 e. The number of nitrogens with zero attached hydrogens (tertiary/aromatic N) is 3. The summed E-state index contributed by atoms with van der Waals surface area (Å²) in [6.45, 7) is 9.85. The molecule has 2 atom stereocenters. The molecule has 1 fully saturated rings. The molecule has 0 aromatic carbocycles. The second kappa shape index (κ2) is 4.78. The van der Waals surface area contributed by atoms with Gasteiger partial charge in [0.1, 0.15) is 0 Å². The summed E-state index contributed by atoms with van der Waals surface area (Å²) in [7, 11) is 0. The number of hydrogen-bond acceptors (Lipinski definition) is 3. The quantitative estimate of drug-likeness (QED) is 0.872. The zero-order valence-corrected chi connectivity index (χ0v) is 11.3. The van der Waals surface area contributed by atoms with Crippen LogP contribution in [0.3, 0.4) is 0 Å². The van der Waals surface area contributed by atoms with E-state index in [1.165, 1.54) is 5.56 Å². The minimum absolute atomic E-state index is 0.238. The van der Waals surface area contributed by atoms with Gasteiger partial charge in [0.25, 0.3) is 0 Å². The molecule has 1 aromatic rings. The van der Waals surface area contributed by atoms with E-state index >= 15 is 0 Å². The number of rotatable bonds is 3. The Morgan fingerprint density at radius 1 is 1.29 bits per heavy atom. The summed E-state index contributed by atoms with van der Waals surface area (Å²) in [6, 6.07) is 1.52. The Balaban J connectivity index is 2.23. The van der Waals surface area contributed by atoms with Gasteiger partial charge in [-0.3, -0.25) is 9.58 Å². The molecule has 1 aromatic heterocycles. The Bertz CT molecular complexity index is 369. The molecule has 4 heteroatoms. The molecule has 4 nitrogen and oxygen atoms in total. The molecule has 0 radical (unpaired) electrons. The Labute approximate surface area is 104 Å². The van der Waals surface area contributed by atoms with Crippen LogP contribution in [0.25, 0.3) is 0 Å². The van der Waals surface area contributed by atoms with Gasteiger partial charge in [0.2, 0.25) is 0 Å². The smallest absolute Gasteiger partial charge is 0.0538 e. The topological polar surface area (TPSA) is 47.1 Å². The lowest BCUT2D eigenvalue weighted by molar-refractivity contribution is 0.198. The Morgan fingerprint density at radius 3 is 2.53 bits per heavy atom. The van der Waals surface area contributed by atoms with Crippen molar-refractivity contribution in [3.8, 4) is 0 Å². The first-order chi connectivity index (χ1) is 8.00. The molecule has 0 bridgehead atoms. The average Bonchev–Trinajstić information content (AvgIpc) is 2.82. The molecule has 0 amide bonds. The summed E-state index contributed by atoms with van der Waals surface area (Å²) in [4.78, 5) is 2.48. The van der Waals surface area contributed by atoms with Gasteiger partial charge in [-0.05, 0) is 34.1 Å². The van der Waals surface area contributed by atoms with Crippen LogP contribution in [0.2, 0.25) is 0 Å². The third-order valence-corrected chi connectivity index (χ3v) is 3.64. The predicted molar refractivity (Wildman–Crippen MR) is 69.8 cm³/mol. The van der Waals surface area contributed by atoms with Crippen LogP contribution in [-0.4, -0.2) is 33.3 Å². The highest BCUT2D eigenvalue weighted by atomic mass is 15.3. The highest BCUT2D eigenvalue weighted by molar-refractivity contribution is 5.16. The normalized spacial score (nSPS) is 26.3. The van der Waals surface area contributed by atoms with Crippen LogP contribution in [-0.2, 0) is 0 Å². The van der Waals surface area contributed by atoms with Crippen LogP contribution in [0.1, 0.15) is 51.8 Å². The molecule has 1 aliphatic heterocycles. The molecule has 2 N–H and O–H groups in total. The third-order valence-electron chi connectivity index (χ3n) is 3.64. The second-order valence-corrected chi connectivity index (χ2v) is 5.58. The highest BCUT2D eigenvalue weighted by Crippen LogP contribution is 2.32. The molecule has 17 heavy (non-hydrogen) atoms. The highest BCUT2D eigenvalue weighted by Gasteiger charge is 2.35. The van der Waals surface area contributed by atoms with Crippen molar-refractivity contribution in [2.75, 3.05) is 6.54 Å². The molecule has 0 aliphatic carbocycles. The summed E-state index contributed by atoms with van der Waals surface area (Å²) in [6.07, 6.45) is 5.21. The first-order valence-electron chi connectivity index (χ1n) is 6.56. The van der Waals surface area contributed by atoms with E-state index in [0.29, 0.717) is 18.1 Å². The number of aromatic nitrogens is 2. The van der Waals surface area contributed by atoms with Crippen molar-refractivity contribution >= 4 is 0 Å². The summed E-state index contributed by atoms with van der Waals surface area (Å²) in [5.74, 6) is 0. The molecule has 1 saturated heterocycles. The summed E-state index contributed by atoms with van der Waals surface area (Å²) in [5.41, 5.74) is 7.51. The van der Waals surface area contributed by atoms with Gasteiger partial charge in [-0.2, -0.15) is 5.10 Å². The van der Waals surface area contributed by atoms with Gasteiger partial charge < -0.3 is 5.73 Å². The summed E-state index contributed by atoms with van der Waals surface area (Å²) in [5, 5.41) is 4.42. The van der Waals surface area contributed by atoms with E-state index in [4.69, 9.17) is 5.73 Å². The number of nitrogens with two attached hydrogens (primary N) is 1. The fourth-order valence-electron chi connectivity index (χ4n) is 2.65. The van der Waals surface area contributed by atoms with Crippen LogP contribution >= 0.6 is 0 Å². The van der Waals surface area contributed by atoms with Gasteiger partial charge in [-0.15, -0.1) is 0 Å². The molecule has 96 valence electrons. The third kappa shape index (κ3) is 2.38. The van der Waals surface area contributed by atoms with E-state index in [1.807, 2.05) is 10.9 Å². The fourth-order valence-corrected chi connectivity index (χ4v) is 2.65. The molecule has 0 unspecified atom stereocenters. The molecular formula is C13H24N4. The summed E-state index contributed by atoms with van der Waals surface area (Å²) >= 11 is 0. The van der Waals surface area contributed by atoms with Crippen LogP contribution in [0.4, 0.5) is 0 Å². The van der Waals surface area contributed by atoms with Gasteiger partial charge in [-0.1, -0.05) is 0 Å². The maximum atomic E-state index is 6.25. The van der Waals surface area contributed by atoms with Crippen molar-refractivity contribution in [1.82, 2.24) is 14.7 Å². The van der Waals surface area contributed by atoms with Gasteiger partial charge in [0, 0.05) is 36.4 Å².